The third-order valence-corrected chi connectivity index (χ3v) is 3.37. The van der Waals surface area contributed by atoms with Gasteiger partial charge in [0.05, 0.1) is 0 Å². The Morgan fingerprint density at radius 1 is 1.38 bits per heavy atom. The summed E-state index contributed by atoms with van der Waals surface area (Å²) in [4.78, 5) is 11.6. The van der Waals surface area contributed by atoms with Crippen LogP contribution in [-0.2, 0) is 4.79 Å². The molecular weight excluding hydrogens is 228 g/mol. The maximum absolute atomic E-state index is 11.6. The lowest BCUT2D eigenvalue weighted by molar-refractivity contribution is -0.115. The van der Waals surface area contributed by atoms with Crippen molar-refractivity contribution in [3.63, 3.8) is 0 Å². The Morgan fingerprint density at radius 2 is 2.15 bits per heavy atom. The summed E-state index contributed by atoms with van der Waals surface area (Å²) in [7, 11) is 0. The lowest BCUT2D eigenvalue weighted by Gasteiger charge is -2.01. The van der Waals surface area contributed by atoms with Crippen molar-refractivity contribution < 1.29 is 4.79 Å². The smallest absolute Gasteiger partial charge is 0.159 e. The van der Waals surface area contributed by atoms with Crippen molar-refractivity contribution in [3.8, 4) is 0 Å². The van der Waals surface area contributed by atoms with Crippen molar-refractivity contribution in [1.29, 1.82) is 0 Å². The maximum atomic E-state index is 11.6. The average molecular weight is 245 g/mol. The summed E-state index contributed by atoms with van der Waals surface area (Å²) >= 11 is 3.47. The lowest BCUT2D eigenvalue weighted by Crippen LogP contribution is -2.00. The van der Waals surface area contributed by atoms with Gasteiger partial charge < -0.3 is 0 Å². The van der Waals surface area contributed by atoms with Gasteiger partial charge in [0.2, 0.25) is 0 Å². The van der Waals surface area contributed by atoms with Crippen LogP contribution in [0.15, 0.2) is 10.1 Å². The highest BCUT2D eigenvalue weighted by Gasteiger charge is 2.18. The molecule has 0 N–H and O–H groups in total. The standard InChI is InChI=1S/C11H17BrO/c1-2-3-4-8-11(13)9-6-5-7-10(9)12/h2-8H2,1H3. The van der Waals surface area contributed by atoms with Gasteiger partial charge in [-0.3, -0.25) is 4.79 Å². The summed E-state index contributed by atoms with van der Waals surface area (Å²) in [5.74, 6) is 0.373. The molecule has 0 aliphatic heterocycles. The summed E-state index contributed by atoms with van der Waals surface area (Å²) in [6, 6.07) is 0. The first-order chi connectivity index (χ1) is 6.25. The van der Waals surface area contributed by atoms with Crippen LogP contribution in [0.2, 0.25) is 0 Å². The minimum Gasteiger partial charge on any atom is -0.295 e. The van der Waals surface area contributed by atoms with E-state index in [9.17, 15) is 4.79 Å². The zero-order valence-electron chi connectivity index (χ0n) is 8.24. The third-order valence-electron chi connectivity index (χ3n) is 2.49. The second-order valence-electron chi connectivity index (χ2n) is 3.62. The first kappa shape index (κ1) is 11.0. The zero-order chi connectivity index (χ0) is 9.68. The van der Waals surface area contributed by atoms with Gasteiger partial charge in [-0.25, -0.2) is 0 Å². The van der Waals surface area contributed by atoms with Crippen molar-refractivity contribution in [1.82, 2.24) is 0 Å². The molecule has 74 valence electrons. The Morgan fingerprint density at radius 3 is 2.69 bits per heavy atom. The monoisotopic (exact) mass is 244 g/mol. The Labute approximate surface area is 88.7 Å². The van der Waals surface area contributed by atoms with Gasteiger partial charge in [-0.15, -0.1) is 0 Å². The molecule has 0 aromatic carbocycles. The number of Topliss-reactive ketones (excluding diaryl/α,β-unsaturated/α-hetero) is 1. The van der Waals surface area contributed by atoms with Crippen molar-refractivity contribution in [3.05, 3.63) is 10.1 Å². The zero-order valence-corrected chi connectivity index (χ0v) is 9.82. The SMILES string of the molecule is CCCCCC(=O)C1=C(Br)CCC1. The van der Waals surface area contributed by atoms with E-state index in [4.69, 9.17) is 0 Å². The fourth-order valence-corrected chi connectivity index (χ4v) is 2.38. The van der Waals surface area contributed by atoms with Gasteiger partial charge in [0.25, 0.3) is 0 Å². The predicted molar refractivity (Wildman–Crippen MR) is 59.0 cm³/mol. The number of unbranched alkanes of at least 4 members (excludes halogenated alkanes) is 2. The van der Waals surface area contributed by atoms with Crippen LogP contribution >= 0.6 is 15.9 Å². The highest BCUT2D eigenvalue weighted by atomic mass is 79.9. The number of carbonyl (C=O) groups excluding carboxylic acids is 1. The molecule has 0 saturated carbocycles. The number of rotatable bonds is 5. The number of halogens is 1. The number of allylic oxidation sites excluding steroid dienone is 2. The summed E-state index contributed by atoms with van der Waals surface area (Å²) in [5, 5.41) is 0. The Hall–Kier alpha value is -0.110. The lowest BCUT2D eigenvalue weighted by atomic mass is 10.0. The normalized spacial score (nSPS) is 16.8. The van der Waals surface area contributed by atoms with Gasteiger partial charge in [0.1, 0.15) is 0 Å². The number of hydrogen-bond acceptors (Lipinski definition) is 1. The van der Waals surface area contributed by atoms with Crippen molar-refractivity contribution in [2.75, 3.05) is 0 Å². The van der Waals surface area contributed by atoms with Crippen LogP contribution in [0.4, 0.5) is 0 Å². The van der Waals surface area contributed by atoms with E-state index in [-0.39, 0.29) is 0 Å². The van der Waals surface area contributed by atoms with Crippen molar-refractivity contribution in [2.45, 2.75) is 51.9 Å². The highest BCUT2D eigenvalue weighted by molar-refractivity contribution is 9.11. The molecule has 13 heavy (non-hydrogen) atoms. The number of ketones is 1. The molecule has 1 rings (SSSR count). The Kier molecular flexibility index (Phi) is 4.71. The summed E-state index contributed by atoms with van der Waals surface area (Å²) < 4.78 is 1.16. The van der Waals surface area contributed by atoms with Crippen molar-refractivity contribution >= 4 is 21.7 Å². The molecule has 0 heterocycles. The molecule has 0 saturated heterocycles. The summed E-state index contributed by atoms with van der Waals surface area (Å²) in [6.07, 6.45) is 7.37. The molecule has 0 radical (unpaired) electrons. The van der Waals surface area contributed by atoms with Gasteiger partial charge in [0.15, 0.2) is 5.78 Å². The molecule has 0 atom stereocenters. The molecule has 1 aliphatic carbocycles. The van der Waals surface area contributed by atoms with E-state index in [1.54, 1.807) is 0 Å². The van der Waals surface area contributed by atoms with Crippen LogP contribution in [0.1, 0.15) is 51.9 Å². The van der Waals surface area contributed by atoms with Crippen LogP contribution in [0.25, 0.3) is 0 Å². The van der Waals surface area contributed by atoms with E-state index < -0.39 is 0 Å². The van der Waals surface area contributed by atoms with E-state index in [1.807, 2.05) is 0 Å². The van der Waals surface area contributed by atoms with Gasteiger partial charge in [-0.05, 0) is 25.7 Å². The van der Waals surface area contributed by atoms with E-state index in [0.717, 1.165) is 42.2 Å². The summed E-state index contributed by atoms with van der Waals surface area (Å²) in [6.45, 7) is 2.16. The molecule has 0 spiro atoms. The predicted octanol–water partition coefficient (Wildman–Crippen LogP) is 3.97. The van der Waals surface area contributed by atoms with Crippen molar-refractivity contribution in [2.24, 2.45) is 0 Å². The molecular formula is C11H17BrO. The van der Waals surface area contributed by atoms with Gasteiger partial charge in [0, 0.05) is 16.5 Å². The first-order valence-electron chi connectivity index (χ1n) is 5.16. The highest BCUT2D eigenvalue weighted by Crippen LogP contribution is 2.31. The second kappa shape index (κ2) is 5.58. The summed E-state index contributed by atoms with van der Waals surface area (Å²) in [5.41, 5.74) is 1.07. The number of hydrogen-bond donors (Lipinski definition) is 0. The van der Waals surface area contributed by atoms with E-state index in [2.05, 4.69) is 22.9 Å². The molecule has 0 amide bonds. The minimum atomic E-state index is 0.373. The average Bonchev–Trinajstić information content (AvgIpc) is 2.52. The van der Waals surface area contributed by atoms with Crippen LogP contribution in [0, 0.1) is 0 Å². The van der Waals surface area contributed by atoms with Crippen LogP contribution < -0.4 is 0 Å². The fourth-order valence-electron chi connectivity index (χ4n) is 1.68. The molecule has 0 aromatic heterocycles. The van der Waals surface area contributed by atoms with Crippen LogP contribution in [0.3, 0.4) is 0 Å². The minimum absolute atomic E-state index is 0.373. The molecule has 0 aromatic rings. The molecule has 2 heteroatoms. The largest absolute Gasteiger partial charge is 0.295 e. The van der Waals surface area contributed by atoms with E-state index in [1.165, 1.54) is 12.8 Å². The maximum Gasteiger partial charge on any atom is 0.159 e. The Balaban J connectivity index is 2.35. The Bertz CT molecular complexity index is 218. The second-order valence-corrected chi connectivity index (χ2v) is 4.57. The topological polar surface area (TPSA) is 17.1 Å². The van der Waals surface area contributed by atoms with Gasteiger partial charge in [-0.1, -0.05) is 35.7 Å². The quantitative estimate of drug-likeness (QED) is 0.670. The molecule has 1 aliphatic rings. The van der Waals surface area contributed by atoms with Crippen LogP contribution in [-0.4, -0.2) is 5.78 Å². The van der Waals surface area contributed by atoms with Gasteiger partial charge >= 0.3 is 0 Å². The molecule has 0 fully saturated rings. The van der Waals surface area contributed by atoms with Crippen LogP contribution in [0.5, 0.6) is 0 Å². The molecule has 0 unspecified atom stereocenters. The van der Waals surface area contributed by atoms with E-state index in [0.29, 0.717) is 5.78 Å². The number of carbonyl (C=O) groups is 1. The molecule has 0 bridgehead atoms. The molecule has 1 nitrogen and oxygen atoms in total. The van der Waals surface area contributed by atoms with E-state index >= 15 is 0 Å². The van der Waals surface area contributed by atoms with Gasteiger partial charge in [-0.2, -0.15) is 0 Å². The first-order valence-corrected chi connectivity index (χ1v) is 5.95. The third kappa shape index (κ3) is 3.26. The fraction of sp³-hybridized carbons (Fsp3) is 0.727.